The van der Waals surface area contributed by atoms with Crippen LogP contribution in [-0.2, 0) is 6.54 Å². The quantitative estimate of drug-likeness (QED) is 0.595. The van der Waals surface area contributed by atoms with E-state index >= 15 is 0 Å². The monoisotopic (exact) mass is 430 g/mol. The van der Waals surface area contributed by atoms with Crippen LogP contribution in [0.2, 0.25) is 0 Å². The number of hydrogen-bond acceptors (Lipinski definition) is 5. The summed E-state index contributed by atoms with van der Waals surface area (Å²) in [5, 5.41) is 5.86. The molecule has 1 aliphatic rings. The molecule has 0 radical (unpaired) electrons. The molecule has 7 nitrogen and oxygen atoms in total. The number of rotatable bonds is 7. The average Bonchev–Trinajstić information content (AvgIpc) is 3.38. The number of benzene rings is 2. The van der Waals surface area contributed by atoms with Crippen LogP contribution in [0.15, 0.2) is 67.0 Å². The van der Waals surface area contributed by atoms with Crippen LogP contribution in [0, 0.1) is 0 Å². The molecule has 1 saturated heterocycles. The number of amides is 2. The van der Waals surface area contributed by atoms with Crippen LogP contribution >= 0.6 is 0 Å². The van der Waals surface area contributed by atoms with Crippen LogP contribution in [0.3, 0.4) is 0 Å². The Balaban J connectivity index is 1.56. The van der Waals surface area contributed by atoms with Crippen LogP contribution in [0.5, 0.6) is 5.75 Å². The molecule has 0 spiro atoms. The van der Waals surface area contributed by atoms with E-state index in [-0.39, 0.29) is 11.8 Å². The Hall–Kier alpha value is -3.87. The number of carbonyl (C=O) groups is 2. The normalized spacial score (nSPS) is 13.0. The number of carbonyl (C=O) groups excluding carboxylic acids is 2. The molecule has 4 rings (SSSR count). The SMILES string of the molecule is COc1cccc(C(=O)Nc2ccc(N3CCCC3)c(C(=O)NCc3cccnc3)c2)c1. The maximum Gasteiger partial charge on any atom is 0.255 e. The predicted octanol–water partition coefficient (Wildman–Crippen LogP) is 3.87. The predicted molar refractivity (Wildman–Crippen MR) is 124 cm³/mol. The molecule has 0 atom stereocenters. The Kier molecular flexibility index (Phi) is 6.65. The molecule has 32 heavy (non-hydrogen) atoms. The zero-order chi connectivity index (χ0) is 22.3. The van der Waals surface area contributed by atoms with Gasteiger partial charge in [-0.1, -0.05) is 12.1 Å². The Morgan fingerprint density at radius 1 is 1.03 bits per heavy atom. The first kappa shape index (κ1) is 21.4. The largest absolute Gasteiger partial charge is 0.497 e. The summed E-state index contributed by atoms with van der Waals surface area (Å²) < 4.78 is 5.20. The smallest absolute Gasteiger partial charge is 0.255 e. The van der Waals surface area contributed by atoms with Gasteiger partial charge in [0.05, 0.1) is 12.7 Å². The van der Waals surface area contributed by atoms with Crippen molar-refractivity contribution in [2.45, 2.75) is 19.4 Å². The summed E-state index contributed by atoms with van der Waals surface area (Å²) in [6, 6.07) is 16.2. The van der Waals surface area contributed by atoms with Crippen molar-refractivity contribution in [2.24, 2.45) is 0 Å². The lowest BCUT2D eigenvalue weighted by atomic mass is 10.1. The van der Waals surface area contributed by atoms with E-state index in [0.29, 0.717) is 29.1 Å². The highest BCUT2D eigenvalue weighted by Crippen LogP contribution is 2.28. The molecule has 3 aromatic rings. The zero-order valence-corrected chi connectivity index (χ0v) is 18.0. The lowest BCUT2D eigenvalue weighted by molar-refractivity contribution is 0.0950. The van der Waals surface area contributed by atoms with Crippen molar-refractivity contribution in [3.63, 3.8) is 0 Å². The second-order valence-electron chi connectivity index (χ2n) is 7.66. The topological polar surface area (TPSA) is 83.6 Å². The van der Waals surface area contributed by atoms with Gasteiger partial charge in [-0.2, -0.15) is 0 Å². The molecule has 2 amide bonds. The number of methoxy groups -OCH3 is 1. The fourth-order valence-corrected chi connectivity index (χ4v) is 3.78. The van der Waals surface area contributed by atoms with Crippen LogP contribution in [-0.4, -0.2) is 37.0 Å². The van der Waals surface area contributed by atoms with Crippen molar-refractivity contribution < 1.29 is 14.3 Å². The molecule has 0 aliphatic carbocycles. The van der Waals surface area contributed by atoms with E-state index in [1.165, 1.54) is 0 Å². The van der Waals surface area contributed by atoms with Crippen molar-refractivity contribution in [3.8, 4) is 5.75 Å². The third-order valence-electron chi connectivity index (χ3n) is 5.45. The molecular weight excluding hydrogens is 404 g/mol. The lowest BCUT2D eigenvalue weighted by Crippen LogP contribution is -2.27. The van der Waals surface area contributed by atoms with E-state index in [0.717, 1.165) is 37.2 Å². The Morgan fingerprint density at radius 3 is 2.62 bits per heavy atom. The van der Waals surface area contributed by atoms with Gasteiger partial charge in [-0.05, 0) is 60.9 Å². The van der Waals surface area contributed by atoms with Crippen LogP contribution in [0.25, 0.3) is 0 Å². The van der Waals surface area contributed by atoms with Gasteiger partial charge >= 0.3 is 0 Å². The first-order valence-electron chi connectivity index (χ1n) is 10.7. The van der Waals surface area contributed by atoms with Gasteiger partial charge < -0.3 is 20.3 Å². The summed E-state index contributed by atoms with van der Waals surface area (Å²) in [4.78, 5) is 32.1. The van der Waals surface area contributed by atoms with E-state index in [2.05, 4.69) is 20.5 Å². The molecule has 7 heteroatoms. The van der Waals surface area contributed by atoms with Gasteiger partial charge in [-0.3, -0.25) is 14.6 Å². The van der Waals surface area contributed by atoms with E-state index in [1.54, 1.807) is 49.8 Å². The molecule has 0 bridgehead atoms. The first-order valence-corrected chi connectivity index (χ1v) is 10.7. The number of pyridine rings is 1. The highest BCUT2D eigenvalue weighted by atomic mass is 16.5. The molecule has 1 aliphatic heterocycles. The zero-order valence-electron chi connectivity index (χ0n) is 18.0. The Labute approximate surface area is 187 Å². The molecule has 2 heterocycles. The third-order valence-corrected chi connectivity index (χ3v) is 5.45. The minimum absolute atomic E-state index is 0.187. The molecular formula is C25H26N4O3. The van der Waals surface area contributed by atoms with Crippen LogP contribution in [0.4, 0.5) is 11.4 Å². The number of anilines is 2. The number of nitrogens with one attached hydrogen (secondary N) is 2. The minimum atomic E-state index is -0.264. The van der Waals surface area contributed by atoms with Gasteiger partial charge in [0.15, 0.2) is 0 Å². The van der Waals surface area contributed by atoms with E-state index in [9.17, 15) is 9.59 Å². The Morgan fingerprint density at radius 2 is 1.88 bits per heavy atom. The summed E-state index contributed by atoms with van der Waals surface area (Å²) in [6.45, 7) is 2.21. The fourth-order valence-electron chi connectivity index (χ4n) is 3.78. The van der Waals surface area contributed by atoms with E-state index < -0.39 is 0 Å². The molecule has 0 unspecified atom stereocenters. The van der Waals surface area contributed by atoms with Crippen LogP contribution < -0.4 is 20.3 Å². The fraction of sp³-hybridized carbons (Fsp3) is 0.240. The van der Waals surface area contributed by atoms with Gasteiger partial charge in [-0.25, -0.2) is 0 Å². The lowest BCUT2D eigenvalue weighted by Gasteiger charge is -2.22. The number of aromatic nitrogens is 1. The summed E-state index contributed by atoms with van der Waals surface area (Å²) in [7, 11) is 1.56. The number of nitrogens with zero attached hydrogens (tertiary/aromatic N) is 2. The average molecular weight is 431 g/mol. The van der Waals surface area contributed by atoms with Gasteiger partial charge in [0, 0.05) is 49.0 Å². The van der Waals surface area contributed by atoms with Crippen molar-refractivity contribution in [1.29, 1.82) is 0 Å². The number of ether oxygens (including phenoxy) is 1. The Bertz CT molecular complexity index is 1100. The summed E-state index contributed by atoms with van der Waals surface area (Å²) in [5.41, 5.74) is 3.39. The molecule has 0 saturated carbocycles. The van der Waals surface area contributed by atoms with Crippen molar-refractivity contribution in [1.82, 2.24) is 10.3 Å². The number of hydrogen-bond donors (Lipinski definition) is 2. The van der Waals surface area contributed by atoms with Crippen LogP contribution in [0.1, 0.15) is 39.1 Å². The summed E-state index contributed by atoms with van der Waals surface area (Å²) in [5.74, 6) is 0.158. The third kappa shape index (κ3) is 5.06. The second-order valence-corrected chi connectivity index (χ2v) is 7.66. The van der Waals surface area contributed by atoms with E-state index in [1.807, 2.05) is 24.3 Å². The molecule has 1 aromatic heterocycles. The van der Waals surface area contributed by atoms with Crippen molar-refractivity contribution in [3.05, 3.63) is 83.7 Å². The van der Waals surface area contributed by atoms with Gasteiger partial charge in [0.2, 0.25) is 0 Å². The molecule has 1 fully saturated rings. The van der Waals surface area contributed by atoms with E-state index in [4.69, 9.17) is 4.74 Å². The first-order chi connectivity index (χ1) is 15.6. The maximum atomic E-state index is 13.1. The molecule has 164 valence electrons. The summed E-state index contributed by atoms with van der Waals surface area (Å²) in [6.07, 6.45) is 5.63. The van der Waals surface area contributed by atoms with Crippen molar-refractivity contribution in [2.75, 3.05) is 30.4 Å². The standard InChI is InChI=1S/C25H26N4O3/c1-32-21-8-4-7-19(14-21)24(30)28-20-9-10-23(29-12-2-3-13-29)22(15-20)25(31)27-17-18-6-5-11-26-16-18/h4-11,14-16H,2-3,12-13,17H2,1H3,(H,27,31)(H,28,30). The van der Waals surface area contributed by atoms with Gasteiger partial charge in [0.25, 0.3) is 11.8 Å². The summed E-state index contributed by atoms with van der Waals surface area (Å²) >= 11 is 0. The molecule has 2 N–H and O–H groups in total. The molecule has 2 aromatic carbocycles. The second kappa shape index (κ2) is 9.96. The highest BCUT2D eigenvalue weighted by Gasteiger charge is 2.20. The minimum Gasteiger partial charge on any atom is -0.497 e. The van der Waals surface area contributed by atoms with Gasteiger partial charge in [-0.15, -0.1) is 0 Å². The van der Waals surface area contributed by atoms with Gasteiger partial charge in [0.1, 0.15) is 5.75 Å². The van der Waals surface area contributed by atoms with Crippen molar-refractivity contribution >= 4 is 23.2 Å². The highest BCUT2D eigenvalue weighted by molar-refractivity contribution is 6.06. The maximum absolute atomic E-state index is 13.1.